The Labute approximate surface area is 196 Å². The molecule has 0 amide bonds. The molecule has 0 radical (unpaired) electrons. The minimum Gasteiger partial charge on any atom is -0.506 e. The number of ketones is 2. The average molecular weight is 472 g/mol. The van der Waals surface area contributed by atoms with Gasteiger partial charge in [0.25, 0.3) is 0 Å². The van der Waals surface area contributed by atoms with Crippen molar-refractivity contribution < 1.29 is 19.3 Å². The number of piperazine rings is 2. The van der Waals surface area contributed by atoms with Gasteiger partial charge >= 0.3 is 0 Å². The summed E-state index contributed by atoms with van der Waals surface area (Å²) in [4.78, 5) is 33.9. The number of thioether (sulfide) groups is 1. The third kappa shape index (κ3) is 3.87. The number of nitrogens with zero attached hydrogens (tertiary/aromatic N) is 4. The van der Waals surface area contributed by atoms with E-state index in [9.17, 15) is 14.7 Å². The minimum atomic E-state index is -0.612. The van der Waals surface area contributed by atoms with Crippen LogP contribution >= 0.6 is 23.1 Å². The highest BCUT2D eigenvalue weighted by atomic mass is 32.2. The van der Waals surface area contributed by atoms with E-state index in [-0.39, 0.29) is 16.9 Å². The maximum atomic E-state index is 12.9. The van der Waals surface area contributed by atoms with Crippen molar-refractivity contribution in [3.63, 3.8) is 0 Å². The van der Waals surface area contributed by atoms with Crippen LogP contribution in [0.25, 0.3) is 5.57 Å². The van der Waals surface area contributed by atoms with E-state index in [0.717, 1.165) is 62.4 Å². The van der Waals surface area contributed by atoms with E-state index in [0.29, 0.717) is 9.78 Å². The van der Waals surface area contributed by atoms with Gasteiger partial charge in [0.1, 0.15) is 5.76 Å². The van der Waals surface area contributed by atoms with Gasteiger partial charge in [0, 0.05) is 42.0 Å². The molecule has 0 spiro atoms. The van der Waals surface area contributed by atoms with Gasteiger partial charge in [-0.1, -0.05) is 0 Å². The molecule has 4 aliphatic rings. The first-order valence-electron chi connectivity index (χ1n) is 10.9. The number of Topliss-reactive ketones (excluding diaryl/α,β-unsaturated/α-hetero) is 2. The first-order valence-corrected chi connectivity index (χ1v) is 12.5. The van der Waals surface area contributed by atoms with Gasteiger partial charge in [-0.3, -0.25) is 14.5 Å². The molecule has 1 N–H and O–H groups in total. The van der Waals surface area contributed by atoms with Crippen LogP contribution in [0.2, 0.25) is 0 Å². The number of allylic oxidation sites excluding steroid dienone is 3. The number of anilines is 1. The molecule has 0 aromatic carbocycles. The van der Waals surface area contributed by atoms with Crippen LogP contribution in [-0.2, 0) is 9.59 Å². The Morgan fingerprint density at radius 1 is 0.875 bits per heavy atom. The molecule has 3 aliphatic heterocycles. The van der Waals surface area contributed by atoms with Crippen molar-refractivity contribution in [1.29, 1.82) is 0 Å². The predicted molar refractivity (Wildman–Crippen MR) is 130 cm³/mol. The SMILES string of the molecule is CN1CCN(c2ccc(C3=C(O)/C(=C4/C=CC(=[N+]5CCN(C)CC5)S4)C(=O)C3=O)s2)CC1. The smallest absolute Gasteiger partial charge is 0.239 e. The zero-order valence-corrected chi connectivity index (χ0v) is 20.0. The summed E-state index contributed by atoms with van der Waals surface area (Å²) in [5.41, 5.74) is 0.287. The standard InChI is InChI=1S/C23H26N4O3S2/c1-24-7-11-26(12-8-24)17-5-3-15(31-17)19-21(28)20(23(30)22(19)29)16-4-6-18(32-16)27-13-9-25(2)10-14-27/h3-6H,7-14H2,1-2H3/p+1. The van der Waals surface area contributed by atoms with E-state index in [2.05, 4.69) is 33.4 Å². The third-order valence-corrected chi connectivity index (χ3v) is 8.77. The Morgan fingerprint density at radius 2 is 1.53 bits per heavy atom. The summed E-state index contributed by atoms with van der Waals surface area (Å²) in [6, 6.07) is 3.83. The highest BCUT2D eigenvalue weighted by Gasteiger charge is 2.41. The molecule has 7 nitrogen and oxygen atoms in total. The lowest BCUT2D eigenvalue weighted by Gasteiger charge is -2.32. The lowest BCUT2D eigenvalue weighted by molar-refractivity contribution is -0.535. The fourth-order valence-electron chi connectivity index (χ4n) is 4.34. The molecular weight excluding hydrogens is 444 g/mol. The predicted octanol–water partition coefficient (Wildman–Crippen LogP) is 1.83. The zero-order valence-electron chi connectivity index (χ0n) is 18.3. The van der Waals surface area contributed by atoms with Crippen molar-refractivity contribution in [1.82, 2.24) is 9.80 Å². The summed E-state index contributed by atoms with van der Waals surface area (Å²) in [6.45, 7) is 7.67. The van der Waals surface area contributed by atoms with Crippen molar-refractivity contribution in [2.75, 3.05) is 71.4 Å². The first-order chi connectivity index (χ1) is 15.4. The molecule has 9 heteroatoms. The van der Waals surface area contributed by atoms with E-state index in [1.807, 2.05) is 24.3 Å². The van der Waals surface area contributed by atoms with Gasteiger partial charge in [0.05, 0.1) is 29.2 Å². The third-order valence-electron chi connectivity index (χ3n) is 6.44. The summed E-state index contributed by atoms with van der Waals surface area (Å²) in [5, 5.41) is 13.1. The number of carbonyl (C=O) groups excluding carboxylic acids is 2. The summed E-state index contributed by atoms with van der Waals surface area (Å²) >= 11 is 2.93. The Hall–Kier alpha value is -2.20. The molecule has 2 saturated heterocycles. The summed E-state index contributed by atoms with van der Waals surface area (Å²) in [6.07, 6.45) is 3.83. The Morgan fingerprint density at radius 3 is 2.25 bits per heavy atom. The fraction of sp³-hybridized carbons (Fsp3) is 0.435. The van der Waals surface area contributed by atoms with Crippen LogP contribution < -0.4 is 4.90 Å². The second kappa shape index (κ2) is 8.62. The zero-order chi connectivity index (χ0) is 22.4. The minimum absolute atomic E-state index is 0.143. The van der Waals surface area contributed by atoms with Crippen LogP contribution in [0.5, 0.6) is 0 Å². The van der Waals surface area contributed by atoms with E-state index in [1.54, 1.807) is 0 Å². The highest BCUT2D eigenvalue weighted by Crippen LogP contribution is 2.42. The second-order valence-electron chi connectivity index (χ2n) is 8.61. The quantitative estimate of drug-likeness (QED) is 0.401. The van der Waals surface area contributed by atoms with Gasteiger partial charge in [-0.15, -0.1) is 11.3 Å². The largest absolute Gasteiger partial charge is 0.506 e. The lowest BCUT2D eigenvalue weighted by atomic mass is 10.1. The monoisotopic (exact) mass is 471 g/mol. The van der Waals surface area contributed by atoms with Gasteiger partial charge in [-0.25, -0.2) is 4.58 Å². The van der Waals surface area contributed by atoms with Gasteiger partial charge in [-0.05, 0) is 44.1 Å². The van der Waals surface area contributed by atoms with Crippen LogP contribution in [0, 0.1) is 0 Å². The molecule has 0 unspecified atom stereocenters. The number of carbonyl (C=O) groups is 2. The van der Waals surface area contributed by atoms with Crippen molar-refractivity contribution in [3.8, 4) is 0 Å². The van der Waals surface area contributed by atoms with Crippen molar-refractivity contribution in [2.45, 2.75) is 0 Å². The summed E-state index contributed by atoms with van der Waals surface area (Å²) in [5.74, 6) is -1.41. The van der Waals surface area contributed by atoms with Crippen molar-refractivity contribution in [2.24, 2.45) is 0 Å². The molecule has 0 saturated carbocycles. The molecule has 2 fully saturated rings. The number of thiophene rings is 1. The fourth-order valence-corrected chi connectivity index (χ4v) is 6.54. The van der Waals surface area contributed by atoms with Crippen LogP contribution in [0.15, 0.2) is 40.5 Å². The molecule has 168 valence electrons. The lowest BCUT2D eigenvalue weighted by Crippen LogP contribution is -2.44. The summed E-state index contributed by atoms with van der Waals surface area (Å²) < 4.78 is 2.29. The Kier molecular flexibility index (Phi) is 5.83. The molecule has 1 aromatic heterocycles. The van der Waals surface area contributed by atoms with E-state index in [1.165, 1.54) is 23.1 Å². The average Bonchev–Trinajstić information content (AvgIpc) is 3.49. The number of rotatable bonds is 2. The Balaban J connectivity index is 1.42. The summed E-state index contributed by atoms with van der Waals surface area (Å²) in [7, 11) is 4.22. The van der Waals surface area contributed by atoms with Gasteiger partial charge in [-0.2, -0.15) is 0 Å². The molecule has 0 bridgehead atoms. The normalized spacial score (nSPS) is 25.8. The molecule has 4 heterocycles. The van der Waals surface area contributed by atoms with Crippen molar-refractivity contribution in [3.05, 3.63) is 45.4 Å². The number of aliphatic hydroxyl groups excluding tert-OH is 1. The number of hydrogen-bond donors (Lipinski definition) is 1. The van der Waals surface area contributed by atoms with Crippen LogP contribution in [0.1, 0.15) is 4.88 Å². The molecule has 1 aromatic rings. The number of likely N-dealkylation sites (N-methyl/N-ethyl adjacent to an activating group) is 2. The Bertz CT molecular complexity index is 1100. The van der Waals surface area contributed by atoms with E-state index < -0.39 is 11.6 Å². The second-order valence-corrected chi connectivity index (χ2v) is 10.7. The van der Waals surface area contributed by atoms with Crippen LogP contribution in [0.4, 0.5) is 5.00 Å². The number of aliphatic hydroxyl groups is 1. The highest BCUT2D eigenvalue weighted by molar-refractivity contribution is 8.18. The van der Waals surface area contributed by atoms with Crippen LogP contribution in [0.3, 0.4) is 0 Å². The number of hydrogen-bond acceptors (Lipinski definition) is 8. The molecular formula is C23H27N4O3S2+. The first kappa shape index (κ1) is 21.6. The molecule has 32 heavy (non-hydrogen) atoms. The van der Waals surface area contributed by atoms with Gasteiger partial charge in [0.2, 0.25) is 16.6 Å². The topological polar surface area (TPSA) is 67.1 Å². The van der Waals surface area contributed by atoms with Gasteiger partial charge in [0.15, 0.2) is 13.1 Å². The van der Waals surface area contributed by atoms with Crippen molar-refractivity contribution >= 4 is 50.3 Å². The molecule has 0 atom stereocenters. The van der Waals surface area contributed by atoms with E-state index >= 15 is 0 Å². The maximum absolute atomic E-state index is 12.9. The van der Waals surface area contributed by atoms with Gasteiger partial charge < -0.3 is 14.9 Å². The van der Waals surface area contributed by atoms with E-state index in [4.69, 9.17) is 0 Å². The maximum Gasteiger partial charge on any atom is 0.239 e. The molecule has 1 aliphatic carbocycles. The molecule has 5 rings (SSSR count). The van der Waals surface area contributed by atoms with Crippen LogP contribution in [-0.4, -0.2) is 103 Å².